The maximum atomic E-state index is 14.0. The SMILES string of the molecule is NCc1nc(N)c2c(-c3cc(O)cc(F)c3)nn(C3CCc4ccccc4C3)c2n1. The van der Waals surface area contributed by atoms with E-state index in [2.05, 4.69) is 28.2 Å². The number of nitrogen functional groups attached to an aromatic ring is 1. The molecule has 5 N–H and O–H groups in total. The first-order valence-corrected chi connectivity index (χ1v) is 9.85. The zero-order chi connectivity index (χ0) is 20.8. The number of nitrogens with two attached hydrogens (primary N) is 2. The molecule has 1 aliphatic rings. The number of hydrogen-bond acceptors (Lipinski definition) is 6. The molecule has 2 aromatic carbocycles. The van der Waals surface area contributed by atoms with Crippen molar-refractivity contribution in [1.29, 1.82) is 0 Å². The van der Waals surface area contributed by atoms with Gasteiger partial charge >= 0.3 is 0 Å². The molecule has 0 amide bonds. The minimum atomic E-state index is -0.558. The van der Waals surface area contributed by atoms with Crippen molar-refractivity contribution in [1.82, 2.24) is 19.7 Å². The summed E-state index contributed by atoms with van der Waals surface area (Å²) in [6.07, 6.45) is 2.63. The first kappa shape index (κ1) is 18.5. The van der Waals surface area contributed by atoms with Gasteiger partial charge in [0.15, 0.2) is 5.65 Å². The highest BCUT2D eigenvalue weighted by atomic mass is 19.1. The van der Waals surface area contributed by atoms with E-state index in [9.17, 15) is 9.50 Å². The lowest BCUT2D eigenvalue weighted by Gasteiger charge is -2.25. The zero-order valence-electron chi connectivity index (χ0n) is 16.2. The van der Waals surface area contributed by atoms with Crippen molar-refractivity contribution in [2.75, 3.05) is 5.73 Å². The normalized spacial score (nSPS) is 16.0. The number of halogens is 1. The molecule has 1 aliphatic carbocycles. The van der Waals surface area contributed by atoms with Gasteiger partial charge in [-0.1, -0.05) is 24.3 Å². The summed E-state index contributed by atoms with van der Waals surface area (Å²) < 4.78 is 15.8. The summed E-state index contributed by atoms with van der Waals surface area (Å²) in [7, 11) is 0. The Balaban J connectivity index is 1.71. The lowest BCUT2D eigenvalue weighted by molar-refractivity contribution is 0.415. The van der Waals surface area contributed by atoms with E-state index in [0.29, 0.717) is 28.1 Å². The van der Waals surface area contributed by atoms with Gasteiger partial charge in [0.1, 0.15) is 28.9 Å². The van der Waals surface area contributed by atoms with Gasteiger partial charge in [-0.15, -0.1) is 0 Å². The third-order valence-electron chi connectivity index (χ3n) is 5.63. The quantitative estimate of drug-likeness (QED) is 0.483. The number of phenols is 1. The molecule has 0 fully saturated rings. The maximum absolute atomic E-state index is 14.0. The van der Waals surface area contributed by atoms with E-state index in [1.165, 1.54) is 23.3 Å². The van der Waals surface area contributed by atoms with Crippen molar-refractivity contribution in [3.8, 4) is 17.0 Å². The van der Waals surface area contributed by atoms with Crippen LogP contribution in [0.3, 0.4) is 0 Å². The fraction of sp³-hybridized carbons (Fsp3) is 0.227. The highest BCUT2D eigenvalue weighted by molar-refractivity contribution is 5.98. The lowest BCUT2D eigenvalue weighted by atomic mass is 9.88. The molecule has 0 saturated carbocycles. The number of aryl methyl sites for hydroxylation is 1. The first-order valence-electron chi connectivity index (χ1n) is 9.85. The molecule has 0 aliphatic heterocycles. The summed E-state index contributed by atoms with van der Waals surface area (Å²) in [6.45, 7) is 0.148. The maximum Gasteiger partial charge on any atom is 0.164 e. The Hall–Kier alpha value is -3.52. The average molecular weight is 404 g/mol. The third kappa shape index (κ3) is 3.05. The molecular formula is C22H21FN6O. The smallest absolute Gasteiger partial charge is 0.164 e. The number of anilines is 1. The molecule has 7 nitrogen and oxygen atoms in total. The second-order valence-electron chi connectivity index (χ2n) is 7.58. The Kier molecular flexibility index (Phi) is 4.36. The van der Waals surface area contributed by atoms with Gasteiger partial charge in [-0.2, -0.15) is 5.10 Å². The molecule has 8 heteroatoms. The van der Waals surface area contributed by atoms with Crippen LogP contribution in [0.1, 0.15) is 29.4 Å². The average Bonchev–Trinajstić information content (AvgIpc) is 3.13. The van der Waals surface area contributed by atoms with E-state index in [1.54, 1.807) is 0 Å². The molecule has 4 aromatic rings. The number of nitrogens with zero attached hydrogens (tertiary/aromatic N) is 4. The van der Waals surface area contributed by atoms with Gasteiger partial charge in [0.25, 0.3) is 0 Å². The second kappa shape index (κ2) is 7.07. The van der Waals surface area contributed by atoms with E-state index >= 15 is 0 Å². The predicted octanol–water partition coefficient (Wildman–Crippen LogP) is 3.11. The second-order valence-corrected chi connectivity index (χ2v) is 7.58. The van der Waals surface area contributed by atoms with E-state index in [-0.39, 0.29) is 24.2 Å². The molecule has 152 valence electrons. The molecule has 2 aromatic heterocycles. The summed E-state index contributed by atoms with van der Waals surface area (Å²) in [6, 6.07) is 12.3. The summed E-state index contributed by atoms with van der Waals surface area (Å²) >= 11 is 0. The van der Waals surface area contributed by atoms with Gasteiger partial charge < -0.3 is 16.6 Å². The number of aromatic nitrogens is 4. The Morgan fingerprint density at radius 1 is 1.13 bits per heavy atom. The van der Waals surface area contributed by atoms with Crippen LogP contribution in [0, 0.1) is 5.82 Å². The summed E-state index contributed by atoms with van der Waals surface area (Å²) in [5.74, 6) is -0.0811. The molecule has 0 saturated heterocycles. The first-order chi connectivity index (χ1) is 14.5. The summed E-state index contributed by atoms with van der Waals surface area (Å²) in [5.41, 5.74) is 16.1. The Morgan fingerprint density at radius 3 is 2.70 bits per heavy atom. The molecule has 30 heavy (non-hydrogen) atoms. The van der Waals surface area contributed by atoms with Crippen LogP contribution in [0.25, 0.3) is 22.3 Å². The highest BCUT2D eigenvalue weighted by Crippen LogP contribution is 2.37. The number of phenolic OH excluding ortho intramolecular Hbond substituents is 1. The van der Waals surface area contributed by atoms with Gasteiger partial charge in [0.05, 0.1) is 18.0 Å². The molecule has 5 rings (SSSR count). The Bertz CT molecular complexity index is 1250. The van der Waals surface area contributed by atoms with Crippen LogP contribution in [0.15, 0.2) is 42.5 Å². The summed E-state index contributed by atoms with van der Waals surface area (Å²) in [4.78, 5) is 8.88. The number of benzene rings is 2. The van der Waals surface area contributed by atoms with Crippen molar-refractivity contribution in [2.45, 2.75) is 31.8 Å². The lowest BCUT2D eigenvalue weighted by Crippen LogP contribution is -2.20. The molecule has 0 bridgehead atoms. The van der Waals surface area contributed by atoms with Crippen molar-refractivity contribution in [2.24, 2.45) is 5.73 Å². The van der Waals surface area contributed by atoms with Crippen molar-refractivity contribution < 1.29 is 9.50 Å². The van der Waals surface area contributed by atoms with Gasteiger partial charge in [-0.25, -0.2) is 19.0 Å². The van der Waals surface area contributed by atoms with Gasteiger partial charge in [-0.05, 0) is 42.5 Å². The Labute approximate surface area is 172 Å². The van der Waals surface area contributed by atoms with Crippen LogP contribution in [0.4, 0.5) is 10.2 Å². The molecule has 2 heterocycles. The molecule has 0 radical (unpaired) electrons. The topological polar surface area (TPSA) is 116 Å². The number of fused-ring (bicyclic) bond motifs is 2. The molecule has 1 atom stereocenters. The van der Waals surface area contributed by atoms with Crippen LogP contribution in [-0.4, -0.2) is 24.9 Å². The minimum absolute atomic E-state index is 0.0678. The fourth-order valence-corrected chi connectivity index (χ4v) is 4.26. The highest BCUT2D eigenvalue weighted by Gasteiger charge is 2.26. The molecular weight excluding hydrogens is 383 g/mol. The van der Waals surface area contributed by atoms with E-state index < -0.39 is 5.82 Å². The number of aromatic hydroxyl groups is 1. The van der Waals surface area contributed by atoms with Gasteiger partial charge in [-0.3, -0.25) is 0 Å². The van der Waals surface area contributed by atoms with Crippen LogP contribution in [0.5, 0.6) is 5.75 Å². The standard InChI is InChI=1S/C22H21FN6O/c23-15-7-14(9-17(30)10-15)20-19-21(25)26-18(11-24)27-22(19)29(28-20)16-6-5-12-3-1-2-4-13(12)8-16/h1-4,7,9-10,16,30H,5-6,8,11,24H2,(H2,25,26,27). The van der Waals surface area contributed by atoms with Crippen LogP contribution in [0.2, 0.25) is 0 Å². The minimum Gasteiger partial charge on any atom is -0.508 e. The number of hydrogen-bond donors (Lipinski definition) is 3. The van der Waals surface area contributed by atoms with Gasteiger partial charge in [0, 0.05) is 11.6 Å². The zero-order valence-corrected chi connectivity index (χ0v) is 16.2. The summed E-state index contributed by atoms with van der Waals surface area (Å²) in [5, 5.41) is 15.2. The van der Waals surface area contributed by atoms with E-state index in [4.69, 9.17) is 16.6 Å². The molecule has 0 spiro atoms. The third-order valence-corrected chi connectivity index (χ3v) is 5.63. The largest absolute Gasteiger partial charge is 0.508 e. The molecule has 1 unspecified atom stereocenters. The fourth-order valence-electron chi connectivity index (χ4n) is 4.26. The van der Waals surface area contributed by atoms with Crippen molar-refractivity contribution in [3.05, 3.63) is 65.2 Å². The van der Waals surface area contributed by atoms with Crippen LogP contribution < -0.4 is 11.5 Å². The van der Waals surface area contributed by atoms with Crippen molar-refractivity contribution in [3.63, 3.8) is 0 Å². The van der Waals surface area contributed by atoms with E-state index in [1.807, 2.05) is 10.7 Å². The van der Waals surface area contributed by atoms with Gasteiger partial charge in [0.2, 0.25) is 0 Å². The van der Waals surface area contributed by atoms with E-state index in [0.717, 1.165) is 25.3 Å². The number of rotatable bonds is 3. The van der Waals surface area contributed by atoms with Crippen LogP contribution in [-0.2, 0) is 19.4 Å². The predicted molar refractivity (Wildman–Crippen MR) is 112 cm³/mol. The van der Waals surface area contributed by atoms with Crippen LogP contribution >= 0.6 is 0 Å². The Morgan fingerprint density at radius 2 is 1.93 bits per heavy atom. The van der Waals surface area contributed by atoms with Crippen molar-refractivity contribution >= 4 is 16.9 Å². The monoisotopic (exact) mass is 404 g/mol.